The molecule has 0 amide bonds. The van der Waals surface area contributed by atoms with Crippen LogP contribution in [0.5, 0.6) is 0 Å². The second-order valence-electron chi connectivity index (χ2n) is 19.3. The number of esters is 4. The fourth-order valence-electron chi connectivity index (χ4n) is 9.46. The number of benzene rings is 8. The summed E-state index contributed by atoms with van der Waals surface area (Å²) in [6.07, 6.45) is -11.4. The van der Waals surface area contributed by atoms with Gasteiger partial charge in [-0.25, -0.2) is 19.2 Å². The van der Waals surface area contributed by atoms with E-state index in [4.69, 9.17) is 47.4 Å². The van der Waals surface area contributed by atoms with Crippen molar-refractivity contribution in [3.05, 3.63) is 282 Å². The van der Waals surface area contributed by atoms with E-state index in [1.165, 1.54) is 11.8 Å². The third kappa shape index (κ3) is 15.4. The molecule has 0 N–H and O–H groups in total. The van der Waals surface area contributed by atoms with Gasteiger partial charge in [0.2, 0.25) is 0 Å². The van der Waals surface area contributed by atoms with Crippen molar-refractivity contribution in [2.45, 2.75) is 85.3 Å². The van der Waals surface area contributed by atoms with Crippen molar-refractivity contribution in [2.24, 2.45) is 0 Å². The summed E-state index contributed by atoms with van der Waals surface area (Å²) in [5, 5.41) is 0. The third-order valence-electron chi connectivity index (χ3n) is 13.6. The van der Waals surface area contributed by atoms with Gasteiger partial charge < -0.3 is 47.4 Å². The van der Waals surface area contributed by atoms with E-state index in [2.05, 4.69) is 0 Å². The van der Waals surface area contributed by atoms with E-state index in [1.807, 2.05) is 121 Å². The molecule has 0 unspecified atom stereocenters. The molecule has 8 aromatic rings. The molecule has 10 atom stereocenters. The third-order valence-corrected chi connectivity index (χ3v) is 14.8. The van der Waals surface area contributed by atoms with Crippen LogP contribution < -0.4 is 0 Å². The quantitative estimate of drug-likeness (QED) is 0.0439. The maximum atomic E-state index is 14.5. The molecule has 2 heterocycles. The molecule has 0 aliphatic carbocycles. The summed E-state index contributed by atoms with van der Waals surface area (Å²) < 4.78 is 66.8. The molecule has 2 aliphatic heterocycles. The Labute approximate surface area is 480 Å². The van der Waals surface area contributed by atoms with Crippen molar-refractivity contribution >= 4 is 35.6 Å². The molecule has 8 aromatic carbocycles. The first-order chi connectivity index (χ1) is 40.3. The van der Waals surface area contributed by atoms with Crippen LogP contribution >= 0.6 is 11.8 Å². The van der Waals surface area contributed by atoms with Crippen LogP contribution in [0.1, 0.15) is 58.1 Å². The molecule has 2 saturated heterocycles. The lowest BCUT2D eigenvalue weighted by Gasteiger charge is -2.47. The number of hydrogen-bond donors (Lipinski definition) is 0. The molecule has 0 aromatic heterocycles. The van der Waals surface area contributed by atoms with Crippen LogP contribution in [0.25, 0.3) is 0 Å². The van der Waals surface area contributed by atoms with E-state index in [-0.39, 0.29) is 48.7 Å². The van der Waals surface area contributed by atoms with E-state index >= 15 is 0 Å². The summed E-state index contributed by atoms with van der Waals surface area (Å²) in [6, 6.07) is 71.9. The van der Waals surface area contributed by atoms with E-state index in [0.29, 0.717) is 0 Å². The van der Waals surface area contributed by atoms with Gasteiger partial charge in [0.15, 0.2) is 24.6 Å². The van der Waals surface area contributed by atoms with Gasteiger partial charge >= 0.3 is 23.9 Å². The summed E-state index contributed by atoms with van der Waals surface area (Å²) in [4.78, 5) is 57.8. The molecule has 418 valence electrons. The second-order valence-corrected chi connectivity index (χ2v) is 20.5. The number of thioether (sulfide) groups is 1. The van der Waals surface area contributed by atoms with Gasteiger partial charge in [-0.15, -0.1) is 0 Å². The molecule has 2 fully saturated rings. The Hall–Kier alpha value is -8.25. The Morgan fingerprint density at radius 3 is 1.13 bits per heavy atom. The van der Waals surface area contributed by atoms with Crippen LogP contribution in [0.2, 0.25) is 0 Å². The van der Waals surface area contributed by atoms with Crippen molar-refractivity contribution in [1.29, 1.82) is 0 Å². The Kier molecular flexibility index (Phi) is 20.1. The van der Waals surface area contributed by atoms with Crippen LogP contribution in [0.15, 0.2) is 248 Å². The van der Waals surface area contributed by atoms with Crippen molar-refractivity contribution in [3.63, 3.8) is 0 Å². The van der Waals surface area contributed by atoms with Crippen LogP contribution in [-0.4, -0.2) is 97.6 Å². The molecular weight excluding hydrogens is 1060 g/mol. The highest BCUT2D eigenvalue weighted by molar-refractivity contribution is 7.99. The van der Waals surface area contributed by atoms with Crippen molar-refractivity contribution in [2.75, 3.05) is 13.2 Å². The van der Waals surface area contributed by atoms with E-state index in [1.54, 1.807) is 121 Å². The molecule has 0 bridgehead atoms. The molecule has 0 saturated carbocycles. The average Bonchev–Trinajstić information content (AvgIpc) is 3.38. The first kappa shape index (κ1) is 57.0. The molecule has 0 radical (unpaired) electrons. The maximum Gasteiger partial charge on any atom is 0.338 e. The normalized spacial score (nSPS) is 22.2. The van der Waals surface area contributed by atoms with E-state index < -0.39 is 91.0 Å². The SMILES string of the molecule is O=C(OC[C@H]1O[C@@H](OC[C@H]2O[C@@H](Sc3ccccc3)[C@H](OCc3ccccc3)[C@@H](OCc3ccccc3)[C@@H]2OCc2ccccc2)[C@H](OC(=O)c2ccccc2)[C@@H](OC(=O)c2ccccc2)[C@H]1OC(=O)c1ccccc1)c1ccccc1. The monoisotopic (exact) mass is 1120 g/mol. The zero-order valence-electron chi connectivity index (χ0n) is 44.5. The summed E-state index contributed by atoms with van der Waals surface area (Å²) in [6.45, 7) is -0.332. The molecule has 15 heteroatoms. The largest absolute Gasteiger partial charge is 0.459 e. The first-order valence-corrected chi connectivity index (χ1v) is 27.8. The molecule has 82 heavy (non-hydrogen) atoms. The van der Waals surface area contributed by atoms with Gasteiger partial charge in [0.25, 0.3) is 0 Å². The highest BCUT2D eigenvalue weighted by Crippen LogP contribution is 2.40. The molecular formula is C67H60O14S. The topological polar surface area (TPSA) is 161 Å². The smallest absolute Gasteiger partial charge is 0.338 e. The summed E-state index contributed by atoms with van der Waals surface area (Å²) in [5.74, 6) is -3.23. The van der Waals surface area contributed by atoms with Gasteiger partial charge in [0.1, 0.15) is 42.6 Å². The summed E-state index contributed by atoms with van der Waals surface area (Å²) in [5.41, 5.74) is 2.65. The Morgan fingerprint density at radius 1 is 0.329 bits per heavy atom. The zero-order chi connectivity index (χ0) is 56.3. The van der Waals surface area contributed by atoms with Crippen LogP contribution in [-0.2, 0) is 67.2 Å². The van der Waals surface area contributed by atoms with Crippen molar-refractivity contribution < 1.29 is 66.5 Å². The van der Waals surface area contributed by atoms with Crippen LogP contribution in [0, 0.1) is 0 Å². The number of rotatable bonds is 23. The van der Waals surface area contributed by atoms with Crippen molar-refractivity contribution in [1.82, 2.24) is 0 Å². The zero-order valence-corrected chi connectivity index (χ0v) is 45.3. The minimum Gasteiger partial charge on any atom is -0.459 e. The first-order valence-electron chi connectivity index (χ1n) is 26.9. The Morgan fingerprint density at radius 2 is 0.683 bits per heavy atom. The summed E-state index contributed by atoms with van der Waals surface area (Å²) in [7, 11) is 0. The van der Waals surface area contributed by atoms with E-state index in [9.17, 15) is 19.2 Å². The molecule has 10 rings (SSSR count). The minimum absolute atomic E-state index is 0.135. The standard InChI is InChI=1S/C67H60O14S/c68-62(49-31-15-4-16-32-49)75-44-55-57(79-63(69)50-33-17-5-18-34-50)59(80-64(70)51-35-19-6-20-36-51)60(81-65(71)52-37-21-7-22-38-52)66(77-55)76-45-54-56(72-41-46-25-9-1-10-26-46)58(73-42-47-27-11-2-12-28-47)61(74-43-48-29-13-3-14-30-48)67(78-54)82-53-39-23-8-24-40-53/h1-40,54-61,66-67H,41-45H2/t54-,55-,56-,57+,58+,59+,60-,61-,66-,67+/m1/s1. The Bertz CT molecular complexity index is 3240. The predicted octanol–water partition coefficient (Wildman–Crippen LogP) is 11.5. The number of carbonyl (C=O) groups excluding carboxylic acids is 4. The number of ether oxygens (including phenoxy) is 10. The van der Waals surface area contributed by atoms with Crippen LogP contribution in [0.3, 0.4) is 0 Å². The average molecular weight is 1120 g/mol. The number of carbonyl (C=O) groups is 4. The van der Waals surface area contributed by atoms with Gasteiger partial charge in [-0.3, -0.25) is 0 Å². The molecule has 0 spiro atoms. The Balaban J connectivity index is 1.05. The minimum atomic E-state index is -1.66. The van der Waals surface area contributed by atoms with Gasteiger partial charge in [-0.1, -0.05) is 194 Å². The second kappa shape index (κ2) is 28.9. The fourth-order valence-corrected chi connectivity index (χ4v) is 10.6. The highest BCUT2D eigenvalue weighted by atomic mass is 32.2. The lowest BCUT2D eigenvalue weighted by atomic mass is 9.97. The molecule has 14 nitrogen and oxygen atoms in total. The summed E-state index contributed by atoms with van der Waals surface area (Å²) >= 11 is 1.45. The lowest BCUT2D eigenvalue weighted by molar-refractivity contribution is -0.313. The predicted molar refractivity (Wildman–Crippen MR) is 304 cm³/mol. The van der Waals surface area contributed by atoms with E-state index in [0.717, 1.165) is 21.6 Å². The molecule has 2 aliphatic rings. The number of hydrogen-bond acceptors (Lipinski definition) is 15. The fraction of sp³-hybridized carbons (Fsp3) is 0.224. The van der Waals surface area contributed by atoms with Gasteiger partial charge in [0.05, 0.1) is 48.7 Å². The van der Waals surface area contributed by atoms with Gasteiger partial charge in [-0.2, -0.15) is 0 Å². The maximum absolute atomic E-state index is 14.5. The highest BCUT2D eigenvalue weighted by Gasteiger charge is 2.55. The van der Waals surface area contributed by atoms with Crippen LogP contribution in [0.4, 0.5) is 0 Å². The lowest BCUT2D eigenvalue weighted by Crippen LogP contribution is -2.64. The van der Waals surface area contributed by atoms with Gasteiger partial charge in [-0.05, 0) is 77.4 Å². The van der Waals surface area contributed by atoms with Gasteiger partial charge in [0, 0.05) is 4.90 Å². The van der Waals surface area contributed by atoms with Crippen molar-refractivity contribution in [3.8, 4) is 0 Å².